The van der Waals surface area contributed by atoms with Crippen molar-refractivity contribution in [3.63, 3.8) is 0 Å². The molecule has 0 spiro atoms. The fraction of sp³-hybridized carbons (Fsp3) is 0.600. The number of aliphatic hydroxyl groups is 1. The molecule has 0 bridgehead atoms. The molecule has 0 unspecified atom stereocenters. The molecule has 1 aromatic rings. The largest absolute Gasteiger partial charge is 0.388 e. The van der Waals surface area contributed by atoms with Gasteiger partial charge in [-0.3, -0.25) is 4.79 Å². The lowest BCUT2D eigenvalue weighted by Crippen LogP contribution is -2.46. The van der Waals surface area contributed by atoms with Gasteiger partial charge in [-0.25, -0.2) is 4.98 Å². The maximum atomic E-state index is 12.9. The van der Waals surface area contributed by atoms with Crippen molar-refractivity contribution in [3.05, 3.63) is 29.8 Å². The summed E-state index contributed by atoms with van der Waals surface area (Å²) in [5.74, 6) is -1.07. The van der Waals surface area contributed by atoms with Gasteiger partial charge in [-0.15, -0.1) is 0 Å². The highest BCUT2D eigenvalue weighted by atomic mass is 19.1. The molecule has 0 radical (unpaired) electrons. The summed E-state index contributed by atoms with van der Waals surface area (Å²) >= 11 is 0. The Balaban J connectivity index is 1.90. The first-order valence-electron chi connectivity index (χ1n) is 6.92. The highest BCUT2D eigenvalue weighted by Crippen LogP contribution is 2.39. The summed E-state index contributed by atoms with van der Waals surface area (Å²) in [7, 11) is 0. The summed E-state index contributed by atoms with van der Waals surface area (Å²) in [5, 5.41) is 13.1. The molecule has 2 rings (SSSR count). The third-order valence-electron chi connectivity index (χ3n) is 4.10. The summed E-state index contributed by atoms with van der Waals surface area (Å²) < 4.78 is 12.9. The zero-order chi connectivity index (χ0) is 14.8. The zero-order valence-corrected chi connectivity index (χ0v) is 11.9. The van der Waals surface area contributed by atoms with Crippen LogP contribution in [-0.2, 0) is 0 Å². The second-order valence-electron chi connectivity index (χ2n) is 6.44. The fourth-order valence-corrected chi connectivity index (χ4v) is 2.46. The van der Waals surface area contributed by atoms with Gasteiger partial charge in [0.05, 0.1) is 5.60 Å². The Morgan fingerprint density at radius 1 is 1.40 bits per heavy atom. The van der Waals surface area contributed by atoms with E-state index in [2.05, 4.69) is 24.1 Å². The third-order valence-corrected chi connectivity index (χ3v) is 4.10. The van der Waals surface area contributed by atoms with Gasteiger partial charge in [0.15, 0.2) is 0 Å². The number of nitrogens with zero attached hydrogens (tertiary/aromatic N) is 1. The SMILES string of the molecule is CC1(C)CCC(O)(CNC(=O)c2ccnc(F)c2)CC1. The molecule has 0 aromatic carbocycles. The third kappa shape index (κ3) is 3.76. The number of rotatable bonds is 3. The molecular weight excluding hydrogens is 259 g/mol. The van der Waals surface area contributed by atoms with Crippen molar-refractivity contribution < 1.29 is 14.3 Å². The number of pyridine rings is 1. The summed E-state index contributed by atoms with van der Waals surface area (Å²) in [6.45, 7) is 4.57. The first kappa shape index (κ1) is 14.9. The molecule has 0 saturated heterocycles. The van der Waals surface area contributed by atoms with Gasteiger partial charge in [0, 0.05) is 24.4 Å². The van der Waals surface area contributed by atoms with E-state index in [9.17, 15) is 14.3 Å². The highest BCUT2D eigenvalue weighted by molar-refractivity contribution is 5.94. The molecule has 0 atom stereocenters. The minimum atomic E-state index is -0.850. The normalized spacial score (nSPS) is 20.4. The van der Waals surface area contributed by atoms with Crippen LogP contribution >= 0.6 is 0 Å². The van der Waals surface area contributed by atoms with E-state index in [0.717, 1.165) is 18.9 Å². The van der Waals surface area contributed by atoms with Crippen LogP contribution in [0.3, 0.4) is 0 Å². The van der Waals surface area contributed by atoms with Crippen LogP contribution in [0, 0.1) is 11.4 Å². The average molecular weight is 280 g/mol. The number of hydrogen-bond donors (Lipinski definition) is 2. The molecule has 110 valence electrons. The highest BCUT2D eigenvalue weighted by Gasteiger charge is 2.36. The number of carbonyl (C=O) groups excluding carboxylic acids is 1. The molecule has 1 amide bonds. The smallest absolute Gasteiger partial charge is 0.251 e. The number of aromatic nitrogens is 1. The lowest BCUT2D eigenvalue weighted by atomic mass is 9.71. The van der Waals surface area contributed by atoms with Crippen LogP contribution in [0.2, 0.25) is 0 Å². The molecule has 0 aliphatic heterocycles. The van der Waals surface area contributed by atoms with Crippen molar-refractivity contribution in [2.45, 2.75) is 45.1 Å². The van der Waals surface area contributed by atoms with E-state index >= 15 is 0 Å². The summed E-state index contributed by atoms with van der Waals surface area (Å²) in [6, 6.07) is 2.54. The van der Waals surface area contributed by atoms with Crippen LogP contribution in [0.5, 0.6) is 0 Å². The summed E-state index contributed by atoms with van der Waals surface area (Å²) in [6.07, 6.45) is 4.46. The number of amides is 1. The Labute approximate surface area is 118 Å². The maximum Gasteiger partial charge on any atom is 0.251 e. The topological polar surface area (TPSA) is 62.2 Å². The molecule has 1 aliphatic rings. The number of carbonyl (C=O) groups is 1. The Morgan fingerprint density at radius 2 is 2.05 bits per heavy atom. The predicted molar refractivity (Wildman–Crippen MR) is 73.7 cm³/mol. The number of hydrogen-bond acceptors (Lipinski definition) is 3. The van der Waals surface area contributed by atoms with E-state index in [4.69, 9.17) is 0 Å². The molecule has 1 saturated carbocycles. The fourth-order valence-electron chi connectivity index (χ4n) is 2.46. The standard InChI is InChI=1S/C15H21FN2O2/c1-14(2)4-6-15(20,7-5-14)10-18-13(19)11-3-8-17-12(16)9-11/h3,8-9,20H,4-7,10H2,1-2H3,(H,18,19). The molecule has 1 aromatic heterocycles. The van der Waals surface area contributed by atoms with Crippen molar-refractivity contribution in [1.29, 1.82) is 0 Å². The molecule has 1 fully saturated rings. The van der Waals surface area contributed by atoms with Crippen LogP contribution in [-0.4, -0.2) is 28.1 Å². The quantitative estimate of drug-likeness (QED) is 0.835. The van der Waals surface area contributed by atoms with Crippen molar-refractivity contribution in [3.8, 4) is 0 Å². The first-order chi connectivity index (χ1) is 9.30. The maximum absolute atomic E-state index is 12.9. The lowest BCUT2D eigenvalue weighted by molar-refractivity contribution is -0.0233. The van der Waals surface area contributed by atoms with Crippen molar-refractivity contribution in [2.24, 2.45) is 5.41 Å². The predicted octanol–water partition coefficient (Wildman–Crippen LogP) is 2.28. The zero-order valence-electron chi connectivity index (χ0n) is 11.9. The van der Waals surface area contributed by atoms with Gasteiger partial charge < -0.3 is 10.4 Å². The van der Waals surface area contributed by atoms with Gasteiger partial charge in [-0.05, 0) is 37.2 Å². The first-order valence-corrected chi connectivity index (χ1v) is 6.92. The number of nitrogens with one attached hydrogen (secondary N) is 1. The van der Waals surface area contributed by atoms with Gasteiger partial charge in [-0.2, -0.15) is 4.39 Å². The monoisotopic (exact) mass is 280 g/mol. The second kappa shape index (κ2) is 5.48. The molecule has 5 heteroatoms. The lowest BCUT2D eigenvalue weighted by Gasteiger charge is -2.40. The van der Waals surface area contributed by atoms with Gasteiger partial charge >= 0.3 is 0 Å². The molecule has 20 heavy (non-hydrogen) atoms. The van der Waals surface area contributed by atoms with Gasteiger partial charge in [0.2, 0.25) is 5.95 Å². The summed E-state index contributed by atoms with van der Waals surface area (Å²) in [5.41, 5.74) is -0.376. The van der Waals surface area contributed by atoms with Crippen molar-refractivity contribution >= 4 is 5.91 Å². The van der Waals surface area contributed by atoms with Crippen molar-refractivity contribution in [2.75, 3.05) is 6.54 Å². The minimum Gasteiger partial charge on any atom is -0.388 e. The molecule has 2 N–H and O–H groups in total. The molecule has 4 nitrogen and oxygen atoms in total. The van der Waals surface area contributed by atoms with E-state index in [0.29, 0.717) is 12.8 Å². The van der Waals surface area contributed by atoms with E-state index in [1.54, 1.807) is 0 Å². The van der Waals surface area contributed by atoms with Gasteiger partial charge in [-0.1, -0.05) is 13.8 Å². The van der Waals surface area contributed by atoms with Gasteiger partial charge in [0.1, 0.15) is 0 Å². The molecule has 1 heterocycles. The van der Waals surface area contributed by atoms with Crippen molar-refractivity contribution in [1.82, 2.24) is 10.3 Å². The van der Waals surface area contributed by atoms with E-state index < -0.39 is 11.5 Å². The number of halogens is 1. The van der Waals surface area contributed by atoms with E-state index in [-0.39, 0.29) is 23.4 Å². The molecule has 1 aliphatic carbocycles. The van der Waals surface area contributed by atoms with E-state index in [1.807, 2.05) is 0 Å². The van der Waals surface area contributed by atoms with Crippen LogP contribution in [0.15, 0.2) is 18.3 Å². The minimum absolute atomic E-state index is 0.200. The van der Waals surface area contributed by atoms with Gasteiger partial charge in [0.25, 0.3) is 5.91 Å². The van der Waals surface area contributed by atoms with Crippen LogP contribution in [0.25, 0.3) is 0 Å². The Bertz CT molecular complexity index is 492. The van der Waals surface area contributed by atoms with E-state index in [1.165, 1.54) is 12.3 Å². The van der Waals surface area contributed by atoms with Crippen LogP contribution < -0.4 is 5.32 Å². The van der Waals surface area contributed by atoms with Crippen LogP contribution in [0.1, 0.15) is 49.9 Å². The second-order valence-corrected chi connectivity index (χ2v) is 6.44. The van der Waals surface area contributed by atoms with Crippen LogP contribution in [0.4, 0.5) is 4.39 Å². The summed E-state index contributed by atoms with van der Waals surface area (Å²) in [4.78, 5) is 15.3. The Hall–Kier alpha value is -1.49. The Morgan fingerprint density at radius 3 is 2.65 bits per heavy atom. The average Bonchev–Trinajstić information content (AvgIpc) is 2.40. The molecular formula is C15H21FN2O2. The Kier molecular flexibility index (Phi) is 4.09.